The molecule has 0 bridgehead atoms. The van der Waals surface area contributed by atoms with Crippen LogP contribution in [0.2, 0.25) is 0 Å². The molecule has 1 rings (SSSR count). The number of carbonyl (C=O) groups excluding carboxylic acids is 2. The Morgan fingerprint density at radius 3 is 2.67 bits per heavy atom. The molecule has 1 aromatic heterocycles. The summed E-state index contributed by atoms with van der Waals surface area (Å²) in [6, 6.07) is 3.58. The number of nitrogens with one attached hydrogen (secondary N) is 2. The van der Waals surface area contributed by atoms with Gasteiger partial charge in [-0.2, -0.15) is 0 Å². The fourth-order valence-corrected chi connectivity index (χ4v) is 1.25. The summed E-state index contributed by atoms with van der Waals surface area (Å²) in [4.78, 5) is 28.9. The van der Waals surface area contributed by atoms with Crippen LogP contribution in [0.25, 0.3) is 0 Å². The van der Waals surface area contributed by atoms with Crippen LogP contribution in [0.4, 0.5) is 5.82 Å². The van der Waals surface area contributed by atoms with Gasteiger partial charge in [0.05, 0.1) is 0 Å². The monoisotopic (exact) mass is 250 g/mol. The molecule has 0 aliphatic heterocycles. The minimum atomic E-state index is -0.699. The van der Waals surface area contributed by atoms with Crippen LogP contribution in [0, 0.1) is 6.92 Å². The molecule has 0 saturated heterocycles. The van der Waals surface area contributed by atoms with Crippen molar-refractivity contribution in [1.82, 2.24) is 15.2 Å². The molecule has 0 radical (unpaired) electrons. The van der Waals surface area contributed by atoms with Crippen LogP contribution in [0.3, 0.4) is 0 Å². The molecule has 0 unspecified atom stereocenters. The van der Waals surface area contributed by atoms with Crippen molar-refractivity contribution in [2.45, 2.75) is 6.92 Å². The predicted molar refractivity (Wildman–Crippen MR) is 69.2 cm³/mol. The molecule has 98 valence electrons. The van der Waals surface area contributed by atoms with Crippen LogP contribution in [-0.2, 0) is 9.59 Å². The average Bonchev–Trinajstić information content (AvgIpc) is 2.31. The fraction of sp³-hybridized carbons (Fsp3) is 0.417. The average molecular weight is 250 g/mol. The number of amides is 2. The minimum absolute atomic E-state index is 0.408. The Morgan fingerprint density at radius 1 is 1.33 bits per heavy atom. The number of aromatic nitrogens is 1. The van der Waals surface area contributed by atoms with Crippen molar-refractivity contribution >= 4 is 17.6 Å². The second-order valence-electron chi connectivity index (χ2n) is 4.18. The number of nitrogens with zero attached hydrogens (tertiary/aromatic N) is 2. The molecule has 0 aliphatic carbocycles. The van der Waals surface area contributed by atoms with E-state index < -0.39 is 11.8 Å². The lowest BCUT2D eigenvalue weighted by atomic mass is 10.3. The number of rotatable bonds is 4. The van der Waals surface area contributed by atoms with E-state index in [9.17, 15) is 9.59 Å². The number of anilines is 1. The summed E-state index contributed by atoms with van der Waals surface area (Å²) in [6.07, 6.45) is 1.56. The Kier molecular flexibility index (Phi) is 5.26. The highest BCUT2D eigenvalue weighted by atomic mass is 16.2. The standard InChI is InChI=1S/C12H18N4O2/c1-9-5-4-6-13-10(9)15-12(18)11(17)14-7-8-16(2)3/h4-6H,7-8H2,1-3H3,(H,14,17)(H,13,15,18). The highest BCUT2D eigenvalue weighted by Gasteiger charge is 2.14. The quantitative estimate of drug-likeness (QED) is 0.738. The topological polar surface area (TPSA) is 74.3 Å². The van der Waals surface area contributed by atoms with Gasteiger partial charge >= 0.3 is 11.8 Å². The van der Waals surface area contributed by atoms with E-state index >= 15 is 0 Å². The van der Waals surface area contributed by atoms with Crippen LogP contribution in [0.15, 0.2) is 18.3 Å². The van der Waals surface area contributed by atoms with Crippen molar-refractivity contribution in [2.75, 3.05) is 32.5 Å². The molecule has 0 spiro atoms. The number of carbonyl (C=O) groups is 2. The third-order valence-electron chi connectivity index (χ3n) is 2.29. The molecule has 18 heavy (non-hydrogen) atoms. The number of hydrogen-bond acceptors (Lipinski definition) is 4. The van der Waals surface area contributed by atoms with Crippen molar-refractivity contribution in [1.29, 1.82) is 0 Å². The number of aryl methyl sites for hydroxylation is 1. The van der Waals surface area contributed by atoms with Crippen molar-refractivity contribution in [3.05, 3.63) is 23.9 Å². The zero-order valence-electron chi connectivity index (χ0n) is 10.9. The third kappa shape index (κ3) is 4.50. The van der Waals surface area contributed by atoms with Gasteiger partial charge in [-0.1, -0.05) is 6.07 Å². The Morgan fingerprint density at radius 2 is 2.06 bits per heavy atom. The first-order valence-corrected chi connectivity index (χ1v) is 5.66. The second-order valence-corrected chi connectivity index (χ2v) is 4.18. The Hall–Kier alpha value is -1.95. The second kappa shape index (κ2) is 6.70. The maximum atomic E-state index is 11.6. The number of hydrogen-bond donors (Lipinski definition) is 2. The van der Waals surface area contributed by atoms with Gasteiger partial charge < -0.3 is 15.5 Å². The molecule has 1 heterocycles. The summed E-state index contributed by atoms with van der Waals surface area (Å²) in [7, 11) is 3.78. The molecule has 0 saturated carbocycles. The lowest BCUT2D eigenvalue weighted by molar-refractivity contribution is -0.136. The molecule has 2 N–H and O–H groups in total. The van der Waals surface area contributed by atoms with E-state index in [4.69, 9.17) is 0 Å². The molecule has 0 atom stereocenters. The van der Waals surface area contributed by atoms with Gasteiger partial charge in [-0.3, -0.25) is 9.59 Å². The van der Waals surface area contributed by atoms with Crippen LogP contribution in [-0.4, -0.2) is 48.9 Å². The fourth-order valence-electron chi connectivity index (χ4n) is 1.25. The van der Waals surface area contributed by atoms with Crippen molar-refractivity contribution < 1.29 is 9.59 Å². The lowest BCUT2D eigenvalue weighted by Crippen LogP contribution is -2.39. The zero-order valence-corrected chi connectivity index (χ0v) is 10.9. The molecule has 0 aromatic carbocycles. The molecule has 6 nitrogen and oxygen atoms in total. The van der Waals surface area contributed by atoms with Gasteiger partial charge in [-0.25, -0.2) is 4.98 Å². The maximum Gasteiger partial charge on any atom is 0.314 e. The Bertz CT molecular complexity index is 432. The SMILES string of the molecule is Cc1cccnc1NC(=O)C(=O)NCCN(C)C. The Labute approximate surface area is 106 Å². The summed E-state index contributed by atoms with van der Waals surface area (Å²) < 4.78 is 0. The van der Waals surface area contributed by atoms with E-state index in [1.54, 1.807) is 12.3 Å². The van der Waals surface area contributed by atoms with E-state index in [-0.39, 0.29) is 0 Å². The smallest absolute Gasteiger partial charge is 0.314 e. The highest BCUT2D eigenvalue weighted by Crippen LogP contribution is 2.08. The van der Waals surface area contributed by atoms with Gasteiger partial charge in [0, 0.05) is 19.3 Å². The van der Waals surface area contributed by atoms with Crippen LogP contribution in [0.1, 0.15) is 5.56 Å². The number of likely N-dealkylation sites (N-methyl/N-ethyl adjacent to an activating group) is 1. The van der Waals surface area contributed by atoms with E-state index in [0.29, 0.717) is 18.9 Å². The first kappa shape index (κ1) is 14.1. The summed E-state index contributed by atoms with van der Waals surface area (Å²) in [6.45, 7) is 2.93. The molecular weight excluding hydrogens is 232 g/mol. The molecule has 2 amide bonds. The maximum absolute atomic E-state index is 11.6. The summed E-state index contributed by atoms with van der Waals surface area (Å²) in [5.41, 5.74) is 0.812. The van der Waals surface area contributed by atoms with Gasteiger partial charge in [0.25, 0.3) is 0 Å². The van der Waals surface area contributed by atoms with Crippen LogP contribution in [0.5, 0.6) is 0 Å². The summed E-state index contributed by atoms with van der Waals surface area (Å²) in [5, 5.41) is 5.01. The molecule has 0 aliphatic rings. The van der Waals surface area contributed by atoms with E-state index in [2.05, 4.69) is 15.6 Å². The van der Waals surface area contributed by atoms with Gasteiger partial charge in [-0.05, 0) is 32.6 Å². The van der Waals surface area contributed by atoms with Crippen LogP contribution < -0.4 is 10.6 Å². The minimum Gasteiger partial charge on any atom is -0.347 e. The van der Waals surface area contributed by atoms with Gasteiger partial charge in [0.15, 0.2) is 0 Å². The van der Waals surface area contributed by atoms with Gasteiger partial charge in [0.2, 0.25) is 0 Å². The molecule has 1 aromatic rings. The highest BCUT2D eigenvalue weighted by molar-refractivity contribution is 6.39. The largest absolute Gasteiger partial charge is 0.347 e. The first-order chi connectivity index (χ1) is 8.50. The van der Waals surface area contributed by atoms with Crippen molar-refractivity contribution in [3.8, 4) is 0 Å². The first-order valence-electron chi connectivity index (χ1n) is 5.66. The summed E-state index contributed by atoms with van der Waals surface area (Å²) >= 11 is 0. The molecule has 0 fully saturated rings. The number of pyridine rings is 1. The van der Waals surface area contributed by atoms with Gasteiger partial charge in [-0.15, -0.1) is 0 Å². The molecule has 6 heteroatoms. The van der Waals surface area contributed by atoms with E-state index in [1.165, 1.54) is 0 Å². The van der Waals surface area contributed by atoms with E-state index in [0.717, 1.165) is 5.56 Å². The summed E-state index contributed by atoms with van der Waals surface area (Å²) in [5.74, 6) is -0.942. The van der Waals surface area contributed by atoms with Crippen molar-refractivity contribution in [3.63, 3.8) is 0 Å². The lowest BCUT2D eigenvalue weighted by Gasteiger charge is -2.10. The normalized spacial score (nSPS) is 10.2. The third-order valence-corrected chi connectivity index (χ3v) is 2.29. The zero-order chi connectivity index (χ0) is 13.5. The van der Waals surface area contributed by atoms with Gasteiger partial charge in [0.1, 0.15) is 5.82 Å². The predicted octanol–water partition coefficient (Wildman–Crippen LogP) is 0.00632. The Balaban J connectivity index is 2.46. The van der Waals surface area contributed by atoms with E-state index in [1.807, 2.05) is 32.0 Å². The molecular formula is C12H18N4O2. The van der Waals surface area contributed by atoms with Crippen LogP contribution >= 0.6 is 0 Å². The van der Waals surface area contributed by atoms with Crippen molar-refractivity contribution in [2.24, 2.45) is 0 Å².